The second kappa shape index (κ2) is 7.60. The fraction of sp³-hybridized carbons (Fsp3) is 0.300. The van der Waals surface area contributed by atoms with Crippen LogP contribution in [0.25, 0.3) is 11.4 Å². The second-order valence-electron chi connectivity index (χ2n) is 6.58. The van der Waals surface area contributed by atoms with Crippen LogP contribution in [-0.2, 0) is 13.0 Å². The van der Waals surface area contributed by atoms with Gasteiger partial charge in [-0.25, -0.2) is 15.0 Å². The minimum Gasteiger partial charge on any atom is -0.496 e. The molecule has 1 atom stereocenters. The van der Waals surface area contributed by atoms with E-state index < -0.39 is 0 Å². The Morgan fingerprint density at radius 1 is 1.26 bits per heavy atom. The highest BCUT2D eigenvalue weighted by molar-refractivity contribution is 9.10. The number of nitrogens with zero attached hydrogens (tertiary/aromatic N) is 4. The Hall–Kier alpha value is -2.54. The lowest BCUT2D eigenvalue weighted by molar-refractivity contribution is 0.395. The molecule has 27 heavy (non-hydrogen) atoms. The number of halogens is 1. The topological polar surface area (TPSA) is 69.9 Å². The molecule has 0 N–H and O–H groups in total. The zero-order valence-corrected chi connectivity index (χ0v) is 16.5. The maximum atomic E-state index is 12.7. The fourth-order valence-corrected chi connectivity index (χ4v) is 4.03. The maximum absolute atomic E-state index is 12.7. The molecule has 0 saturated carbocycles. The first-order valence-corrected chi connectivity index (χ1v) is 9.65. The summed E-state index contributed by atoms with van der Waals surface area (Å²) in [6, 6.07) is 9.33. The van der Waals surface area contributed by atoms with Gasteiger partial charge in [0.1, 0.15) is 17.9 Å². The van der Waals surface area contributed by atoms with Gasteiger partial charge in [0, 0.05) is 29.2 Å². The number of aromatic nitrogens is 4. The van der Waals surface area contributed by atoms with E-state index in [2.05, 4.69) is 32.0 Å². The molecule has 0 bridgehead atoms. The average molecular weight is 427 g/mol. The fourth-order valence-electron chi connectivity index (χ4n) is 3.62. The molecule has 1 aliphatic heterocycles. The zero-order valence-electron chi connectivity index (χ0n) is 14.9. The molecular weight excluding hydrogens is 408 g/mol. The van der Waals surface area contributed by atoms with Gasteiger partial charge in [0.15, 0.2) is 0 Å². The van der Waals surface area contributed by atoms with Gasteiger partial charge in [-0.3, -0.25) is 9.36 Å². The van der Waals surface area contributed by atoms with Crippen molar-refractivity contribution in [3.8, 4) is 17.1 Å². The van der Waals surface area contributed by atoms with Crippen molar-refractivity contribution in [2.45, 2.75) is 31.7 Å². The molecule has 2 aromatic heterocycles. The quantitative estimate of drug-likeness (QED) is 0.637. The standard InChI is InChI=1S/C20H19BrN4O2/c1-27-18-5-4-15(21)10-14(18)9-13-3-2-8-25-19(26)11-17(24-20(13)25)16-6-7-22-12-23-16/h4-7,10-13H,2-3,8-9H2,1H3. The van der Waals surface area contributed by atoms with Crippen molar-refractivity contribution >= 4 is 15.9 Å². The van der Waals surface area contributed by atoms with Crippen LogP contribution in [0.4, 0.5) is 0 Å². The highest BCUT2D eigenvalue weighted by atomic mass is 79.9. The lowest BCUT2D eigenvalue weighted by atomic mass is 9.91. The number of methoxy groups -OCH3 is 1. The van der Waals surface area contributed by atoms with E-state index in [1.807, 2.05) is 12.1 Å². The van der Waals surface area contributed by atoms with Crippen LogP contribution in [0.2, 0.25) is 0 Å². The first-order chi connectivity index (χ1) is 13.2. The van der Waals surface area contributed by atoms with Crippen molar-refractivity contribution in [3.63, 3.8) is 0 Å². The van der Waals surface area contributed by atoms with Crippen LogP contribution in [0.15, 0.2) is 52.1 Å². The molecule has 138 valence electrons. The van der Waals surface area contributed by atoms with E-state index in [1.165, 1.54) is 6.33 Å². The molecule has 3 aromatic rings. The Kier molecular flexibility index (Phi) is 5.03. The number of rotatable bonds is 4. The van der Waals surface area contributed by atoms with E-state index in [1.54, 1.807) is 30.0 Å². The van der Waals surface area contributed by atoms with E-state index in [-0.39, 0.29) is 11.5 Å². The Labute approximate surface area is 165 Å². The summed E-state index contributed by atoms with van der Waals surface area (Å²) in [5.74, 6) is 1.82. The smallest absolute Gasteiger partial charge is 0.254 e. The molecule has 0 saturated heterocycles. The van der Waals surface area contributed by atoms with Crippen LogP contribution in [0, 0.1) is 0 Å². The molecule has 3 heterocycles. The monoisotopic (exact) mass is 426 g/mol. The molecule has 1 aromatic carbocycles. The Morgan fingerprint density at radius 3 is 2.93 bits per heavy atom. The minimum atomic E-state index is -0.0282. The lowest BCUT2D eigenvalue weighted by Gasteiger charge is -2.26. The maximum Gasteiger partial charge on any atom is 0.254 e. The molecular formula is C20H19BrN4O2. The molecule has 7 heteroatoms. The third kappa shape index (κ3) is 3.64. The summed E-state index contributed by atoms with van der Waals surface area (Å²) in [7, 11) is 1.68. The SMILES string of the molecule is COc1ccc(Br)cc1CC1CCCn2c1nc(-c1ccncn1)cc2=O. The molecule has 0 amide bonds. The van der Waals surface area contributed by atoms with Crippen molar-refractivity contribution in [2.75, 3.05) is 7.11 Å². The van der Waals surface area contributed by atoms with Crippen LogP contribution in [0.1, 0.15) is 30.1 Å². The highest BCUT2D eigenvalue weighted by Crippen LogP contribution is 2.33. The molecule has 0 aliphatic carbocycles. The Morgan fingerprint density at radius 2 is 2.15 bits per heavy atom. The number of fused-ring (bicyclic) bond motifs is 1. The average Bonchev–Trinajstić information content (AvgIpc) is 2.69. The van der Waals surface area contributed by atoms with Crippen LogP contribution < -0.4 is 10.3 Å². The van der Waals surface area contributed by atoms with Gasteiger partial charge < -0.3 is 4.74 Å². The summed E-state index contributed by atoms with van der Waals surface area (Å²) in [6.45, 7) is 0.706. The normalized spacial score (nSPS) is 16.0. The first kappa shape index (κ1) is 17.9. The molecule has 4 rings (SSSR count). The Bertz CT molecular complexity index is 1020. The largest absolute Gasteiger partial charge is 0.496 e. The van der Waals surface area contributed by atoms with Gasteiger partial charge in [0.05, 0.1) is 18.5 Å². The van der Waals surface area contributed by atoms with Gasteiger partial charge in [0.25, 0.3) is 5.56 Å². The summed E-state index contributed by atoms with van der Waals surface area (Å²) in [6.07, 6.45) is 5.84. The van der Waals surface area contributed by atoms with Crippen molar-refractivity contribution in [1.29, 1.82) is 0 Å². The molecule has 1 unspecified atom stereocenters. The van der Waals surface area contributed by atoms with Crippen LogP contribution in [-0.4, -0.2) is 26.6 Å². The second-order valence-corrected chi connectivity index (χ2v) is 7.50. The van der Waals surface area contributed by atoms with Gasteiger partial charge >= 0.3 is 0 Å². The molecule has 0 radical (unpaired) electrons. The highest BCUT2D eigenvalue weighted by Gasteiger charge is 2.25. The van der Waals surface area contributed by atoms with Crippen molar-refractivity contribution in [2.24, 2.45) is 0 Å². The predicted molar refractivity (Wildman–Crippen MR) is 106 cm³/mol. The summed E-state index contributed by atoms with van der Waals surface area (Å²) >= 11 is 3.54. The van der Waals surface area contributed by atoms with Crippen molar-refractivity contribution in [3.05, 3.63) is 69.1 Å². The molecule has 6 nitrogen and oxygen atoms in total. The number of hydrogen-bond acceptors (Lipinski definition) is 5. The van der Waals surface area contributed by atoms with Gasteiger partial charge in [-0.05, 0) is 49.1 Å². The summed E-state index contributed by atoms with van der Waals surface area (Å²) in [5.41, 5.74) is 2.34. The van der Waals surface area contributed by atoms with Crippen LogP contribution in [0.3, 0.4) is 0 Å². The summed E-state index contributed by atoms with van der Waals surface area (Å²) in [5, 5.41) is 0. The zero-order chi connectivity index (χ0) is 18.8. The minimum absolute atomic E-state index is 0.0282. The summed E-state index contributed by atoms with van der Waals surface area (Å²) < 4.78 is 8.32. The third-order valence-electron chi connectivity index (χ3n) is 4.89. The number of ether oxygens (including phenoxy) is 1. The van der Waals surface area contributed by atoms with E-state index in [0.29, 0.717) is 17.9 Å². The van der Waals surface area contributed by atoms with Crippen LogP contribution >= 0.6 is 15.9 Å². The Balaban J connectivity index is 1.76. The van der Waals surface area contributed by atoms with Gasteiger partial charge in [-0.2, -0.15) is 0 Å². The summed E-state index contributed by atoms with van der Waals surface area (Å²) in [4.78, 5) is 25.7. The molecule has 1 aliphatic rings. The van der Waals surface area contributed by atoms with Crippen molar-refractivity contribution < 1.29 is 4.74 Å². The van der Waals surface area contributed by atoms with E-state index in [9.17, 15) is 4.79 Å². The van der Waals surface area contributed by atoms with Gasteiger partial charge in [0.2, 0.25) is 0 Å². The van der Waals surface area contributed by atoms with E-state index >= 15 is 0 Å². The lowest BCUT2D eigenvalue weighted by Crippen LogP contribution is -2.31. The van der Waals surface area contributed by atoms with Crippen molar-refractivity contribution in [1.82, 2.24) is 19.5 Å². The predicted octanol–water partition coefficient (Wildman–Crippen LogP) is 3.59. The van der Waals surface area contributed by atoms with E-state index in [4.69, 9.17) is 9.72 Å². The number of hydrogen-bond donors (Lipinski definition) is 0. The van der Waals surface area contributed by atoms with Gasteiger partial charge in [-0.15, -0.1) is 0 Å². The number of benzene rings is 1. The first-order valence-electron chi connectivity index (χ1n) is 8.86. The van der Waals surface area contributed by atoms with Gasteiger partial charge in [-0.1, -0.05) is 15.9 Å². The molecule has 0 fully saturated rings. The van der Waals surface area contributed by atoms with Crippen LogP contribution in [0.5, 0.6) is 5.75 Å². The van der Waals surface area contributed by atoms with E-state index in [0.717, 1.165) is 40.9 Å². The third-order valence-corrected chi connectivity index (χ3v) is 5.38. The molecule has 0 spiro atoms.